The van der Waals surface area contributed by atoms with Crippen molar-refractivity contribution in [1.82, 2.24) is 4.90 Å². The highest BCUT2D eigenvalue weighted by Gasteiger charge is 2.29. The van der Waals surface area contributed by atoms with Crippen LogP contribution in [0.4, 0.5) is 4.79 Å². The second kappa shape index (κ2) is 7.32. The van der Waals surface area contributed by atoms with Crippen molar-refractivity contribution < 1.29 is 14.6 Å². The molecule has 1 aliphatic carbocycles. The van der Waals surface area contributed by atoms with Gasteiger partial charge in [0.25, 0.3) is 0 Å². The maximum absolute atomic E-state index is 12.0. The van der Waals surface area contributed by atoms with E-state index >= 15 is 0 Å². The van der Waals surface area contributed by atoms with Gasteiger partial charge in [0.15, 0.2) is 0 Å². The number of amidine groups is 1. The summed E-state index contributed by atoms with van der Waals surface area (Å²) in [5, 5.41) is 15.9. The fourth-order valence-electron chi connectivity index (χ4n) is 2.88. The topological polar surface area (TPSA) is 88.7 Å². The fourth-order valence-corrected chi connectivity index (χ4v) is 2.88. The summed E-state index contributed by atoms with van der Waals surface area (Å²) >= 11 is 0. The molecular formula is C17H30N3O3+. The number of ether oxygens (including phenoxy) is 1. The van der Waals surface area contributed by atoms with E-state index in [1.54, 1.807) is 4.90 Å². The van der Waals surface area contributed by atoms with Crippen LogP contribution in [0.3, 0.4) is 0 Å². The Morgan fingerprint density at radius 1 is 1.26 bits per heavy atom. The van der Waals surface area contributed by atoms with Crippen molar-refractivity contribution in [1.29, 1.82) is 5.41 Å². The predicted molar refractivity (Wildman–Crippen MR) is 91.3 cm³/mol. The van der Waals surface area contributed by atoms with Gasteiger partial charge >= 0.3 is 12.0 Å². The molecule has 0 spiro atoms. The zero-order chi connectivity index (χ0) is 17.0. The second-order valence-corrected chi connectivity index (χ2v) is 7.69. The van der Waals surface area contributed by atoms with Gasteiger partial charge < -0.3 is 14.7 Å². The van der Waals surface area contributed by atoms with E-state index in [-0.39, 0.29) is 12.0 Å². The lowest BCUT2D eigenvalue weighted by Crippen LogP contribution is -2.42. The van der Waals surface area contributed by atoms with Crippen LogP contribution in [0.15, 0.2) is 4.99 Å². The normalized spacial score (nSPS) is 21.0. The Kier molecular flexibility index (Phi) is 5.65. The van der Waals surface area contributed by atoms with Gasteiger partial charge in [-0.2, -0.15) is 4.99 Å². The molecule has 0 aromatic carbocycles. The highest BCUT2D eigenvalue weighted by atomic mass is 16.6. The molecule has 0 aromatic heterocycles. The average Bonchev–Trinajstić information content (AvgIpc) is 2.34. The summed E-state index contributed by atoms with van der Waals surface area (Å²) < 4.78 is 5.39. The number of nitrogens with one attached hydrogen (secondary N) is 1. The number of hydrogen-bond acceptors (Lipinski definition) is 3. The fraction of sp³-hybridized carbons (Fsp3) is 0.824. The molecule has 0 atom stereocenters. The minimum absolute atomic E-state index is 0.248. The molecule has 2 aliphatic rings. The summed E-state index contributed by atoms with van der Waals surface area (Å²) in [6.45, 7) is 6.96. The summed E-state index contributed by atoms with van der Waals surface area (Å²) in [6.07, 6.45) is 5.37. The SMILES string of the molecule is CC(C)(C)OC(=O)N1CCC(CC([OH2+])=NC(=N)C2CCC2)CC1. The van der Waals surface area contributed by atoms with Crippen molar-refractivity contribution in [3.05, 3.63) is 0 Å². The Morgan fingerprint density at radius 3 is 2.35 bits per heavy atom. The molecular weight excluding hydrogens is 294 g/mol. The van der Waals surface area contributed by atoms with E-state index in [0.29, 0.717) is 37.2 Å². The van der Waals surface area contributed by atoms with Crippen LogP contribution in [0.25, 0.3) is 0 Å². The Bertz CT molecular complexity index is 470. The molecule has 0 aromatic rings. The van der Waals surface area contributed by atoms with Gasteiger partial charge in [-0.25, -0.2) is 4.79 Å². The first-order chi connectivity index (χ1) is 10.7. The van der Waals surface area contributed by atoms with Crippen LogP contribution in [0.2, 0.25) is 0 Å². The molecule has 0 radical (unpaired) electrons. The van der Waals surface area contributed by atoms with Gasteiger partial charge in [-0.3, -0.25) is 5.41 Å². The maximum atomic E-state index is 12.0. The average molecular weight is 324 g/mol. The lowest BCUT2D eigenvalue weighted by Gasteiger charge is -2.32. The van der Waals surface area contributed by atoms with E-state index in [1.807, 2.05) is 20.8 Å². The number of nitrogens with zero attached hydrogens (tertiary/aromatic N) is 2. The van der Waals surface area contributed by atoms with Crippen molar-refractivity contribution >= 4 is 17.8 Å². The highest BCUT2D eigenvalue weighted by molar-refractivity contribution is 5.93. The van der Waals surface area contributed by atoms with E-state index in [4.69, 9.17) is 15.3 Å². The van der Waals surface area contributed by atoms with Crippen LogP contribution in [-0.2, 0) is 4.74 Å². The Morgan fingerprint density at radius 2 is 1.87 bits per heavy atom. The first-order valence-electron chi connectivity index (χ1n) is 8.60. The van der Waals surface area contributed by atoms with E-state index in [9.17, 15) is 4.79 Å². The molecule has 23 heavy (non-hydrogen) atoms. The van der Waals surface area contributed by atoms with E-state index in [0.717, 1.165) is 25.7 Å². The van der Waals surface area contributed by atoms with E-state index < -0.39 is 5.60 Å². The molecule has 2 rings (SSSR count). The van der Waals surface area contributed by atoms with Crippen molar-refractivity contribution in [2.24, 2.45) is 16.8 Å². The number of aliphatic imine (C=N–C) groups is 1. The zero-order valence-corrected chi connectivity index (χ0v) is 14.5. The van der Waals surface area contributed by atoms with Crippen molar-refractivity contribution in [2.45, 2.75) is 64.9 Å². The number of likely N-dealkylation sites (tertiary alicyclic amines) is 1. The minimum Gasteiger partial charge on any atom is -0.582 e. The second-order valence-electron chi connectivity index (χ2n) is 7.69. The summed E-state index contributed by atoms with van der Waals surface area (Å²) in [4.78, 5) is 17.9. The molecule has 1 amide bonds. The summed E-state index contributed by atoms with van der Waals surface area (Å²) in [5.74, 6) is 1.36. The molecule has 6 heteroatoms. The van der Waals surface area contributed by atoms with Crippen LogP contribution in [0.5, 0.6) is 0 Å². The van der Waals surface area contributed by atoms with E-state index in [2.05, 4.69) is 4.99 Å². The Balaban J connectivity index is 1.74. The maximum Gasteiger partial charge on any atom is 0.410 e. The van der Waals surface area contributed by atoms with E-state index in [1.165, 1.54) is 6.42 Å². The van der Waals surface area contributed by atoms with Gasteiger partial charge in [-0.05, 0) is 52.4 Å². The first-order valence-corrected chi connectivity index (χ1v) is 8.60. The summed E-state index contributed by atoms with van der Waals surface area (Å²) in [5.41, 5.74) is -0.461. The van der Waals surface area contributed by atoms with Gasteiger partial charge in [0.1, 0.15) is 11.4 Å². The Labute approximate surface area is 138 Å². The Hall–Kier alpha value is -1.59. The summed E-state index contributed by atoms with van der Waals surface area (Å²) in [6, 6.07) is 0. The standard InChI is InChI=1S/C17H29N3O3/c1-17(2,3)23-16(22)20-9-7-12(8-10-20)11-14(21)19-15(18)13-5-4-6-13/h12-13H,4-11H2,1-3H3,(H2,18,19,21)/p+1. The lowest BCUT2D eigenvalue weighted by atomic mass is 9.84. The van der Waals surface area contributed by atoms with Crippen molar-refractivity contribution in [3.8, 4) is 0 Å². The van der Waals surface area contributed by atoms with Crippen LogP contribution >= 0.6 is 0 Å². The number of hydrogen-bond donors (Lipinski definition) is 1. The molecule has 1 saturated carbocycles. The smallest absolute Gasteiger partial charge is 0.410 e. The number of rotatable bonds is 3. The third kappa shape index (κ3) is 5.52. The van der Waals surface area contributed by atoms with Crippen LogP contribution in [0, 0.1) is 17.2 Å². The predicted octanol–water partition coefficient (Wildman–Crippen LogP) is 2.92. The van der Waals surface area contributed by atoms with Crippen LogP contribution < -0.4 is 0 Å². The van der Waals surface area contributed by atoms with Gasteiger partial charge in [-0.15, -0.1) is 0 Å². The van der Waals surface area contributed by atoms with Crippen molar-refractivity contribution in [2.75, 3.05) is 13.1 Å². The molecule has 1 heterocycles. The molecule has 2 fully saturated rings. The first kappa shape index (κ1) is 17.8. The number of carbonyl (C=O) groups excluding carboxylic acids is 1. The number of piperidine rings is 1. The third-order valence-electron chi connectivity index (χ3n) is 4.50. The molecule has 1 saturated heterocycles. The number of amides is 1. The third-order valence-corrected chi connectivity index (χ3v) is 4.50. The molecule has 3 N–H and O–H groups in total. The summed E-state index contributed by atoms with van der Waals surface area (Å²) in [7, 11) is 0. The lowest BCUT2D eigenvalue weighted by molar-refractivity contribution is 0.0185. The number of carbonyl (C=O) groups is 1. The monoisotopic (exact) mass is 324 g/mol. The van der Waals surface area contributed by atoms with Crippen molar-refractivity contribution in [3.63, 3.8) is 0 Å². The highest BCUT2D eigenvalue weighted by Crippen LogP contribution is 2.28. The molecule has 0 unspecified atom stereocenters. The largest absolute Gasteiger partial charge is 0.582 e. The quantitative estimate of drug-likeness (QED) is 0.491. The minimum atomic E-state index is -0.461. The van der Waals surface area contributed by atoms with Gasteiger partial charge in [0, 0.05) is 19.0 Å². The molecule has 130 valence electrons. The zero-order valence-electron chi connectivity index (χ0n) is 14.5. The molecule has 0 bridgehead atoms. The van der Waals surface area contributed by atoms with Gasteiger partial charge in [0.05, 0.1) is 6.42 Å². The molecule has 6 nitrogen and oxygen atoms in total. The van der Waals surface area contributed by atoms with Gasteiger partial charge in [-0.1, -0.05) is 6.42 Å². The van der Waals surface area contributed by atoms with Crippen LogP contribution in [-0.4, -0.2) is 46.5 Å². The van der Waals surface area contributed by atoms with Crippen LogP contribution in [0.1, 0.15) is 59.3 Å². The molecule has 1 aliphatic heterocycles. The van der Waals surface area contributed by atoms with Gasteiger partial charge in [0.2, 0.25) is 0 Å².